The molecule has 1 N–H and O–H groups in total. The van der Waals surface area contributed by atoms with Crippen molar-refractivity contribution >= 4 is 11.7 Å². The predicted octanol–water partition coefficient (Wildman–Crippen LogP) is 6.85. The lowest BCUT2D eigenvalue weighted by Gasteiger charge is -2.23. The van der Waals surface area contributed by atoms with Gasteiger partial charge in [0.1, 0.15) is 17.5 Å². The number of carbonyl (C=O) groups excluding carboxylic acids is 1. The number of anilines is 1. The highest BCUT2D eigenvalue weighted by molar-refractivity contribution is 5.89. The molecule has 2 aromatic carbocycles. The molecule has 0 radical (unpaired) electrons. The van der Waals surface area contributed by atoms with Crippen molar-refractivity contribution in [3.8, 4) is 11.3 Å². The third kappa shape index (κ3) is 4.49. The van der Waals surface area contributed by atoms with Crippen molar-refractivity contribution in [1.82, 2.24) is 9.88 Å². The second kappa shape index (κ2) is 8.68. The van der Waals surface area contributed by atoms with Gasteiger partial charge in [0.2, 0.25) is 5.89 Å². The van der Waals surface area contributed by atoms with Gasteiger partial charge in [0.05, 0.1) is 5.56 Å². The average Bonchev–Trinajstić information content (AvgIpc) is 3.41. The van der Waals surface area contributed by atoms with Crippen molar-refractivity contribution in [2.24, 2.45) is 0 Å². The first kappa shape index (κ1) is 21.9. The van der Waals surface area contributed by atoms with E-state index in [4.69, 9.17) is 9.40 Å². The number of oxazole rings is 1. The van der Waals surface area contributed by atoms with Crippen molar-refractivity contribution in [3.63, 3.8) is 0 Å². The van der Waals surface area contributed by atoms with E-state index in [-0.39, 0.29) is 12.0 Å². The summed E-state index contributed by atoms with van der Waals surface area (Å²) in [4.78, 5) is 19.3. The molecule has 4 rings (SSSR count). The maximum atomic E-state index is 12.9. The van der Waals surface area contributed by atoms with Crippen LogP contribution in [-0.4, -0.2) is 22.5 Å². The zero-order valence-corrected chi connectivity index (χ0v) is 17.8. The Morgan fingerprint density at radius 1 is 1.12 bits per heavy atom. The van der Waals surface area contributed by atoms with E-state index in [1.165, 1.54) is 12.1 Å². The first-order valence-electron chi connectivity index (χ1n) is 10.5. The van der Waals surface area contributed by atoms with E-state index in [0.29, 0.717) is 24.5 Å². The molecule has 0 bridgehead atoms. The van der Waals surface area contributed by atoms with Gasteiger partial charge in [0.25, 0.3) is 0 Å². The van der Waals surface area contributed by atoms with E-state index in [1.807, 2.05) is 44.2 Å². The fourth-order valence-corrected chi connectivity index (χ4v) is 3.89. The first-order valence-corrected chi connectivity index (χ1v) is 10.5. The number of urea groups is 1. The summed E-state index contributed by atoms with van der Waals surface area (Å²) in [5, 5.41) is 2.69. The number of aromatic nitrogens is 1. The molecule has 0 unspecified atom stereocenters. The van der Waals surface area contributed by atoms with E-state index in [1.54, 1.807) is 4.90 Å². The van der Waals surface area contributed by atoms with Crippen molar-refractivity contribution < 1.29 is 22.4 Å². The summed E-state index contributed by atoms with van der Waals surface area (Å²) in [5.41, 5.74) is 1.26. The highest BCUT2D eigenvalue weighted by atomic mass is 19.4. The van der Waals surface area contributed by atoms with Gasteiger partial charge in [-0.25, -0.2) is 9.78 Å². The Balaban J connectivity index is 1.55. The molecule has 32 heavy (non-hydrogen) atoms. The van der Waals surface area contributed by atoms with Crippen molar-refractivity contribution in [2.75, 3.05) is 11.9 Å². The lowest BCUT2D eigenvalue weighted by molar-refractivity contribution is -0.137. The molecular weight excluding hydrogens is 419 g/mol. The Kier molecular flexibility index (Phi) is 5.95. The van der Waals surface area contributed by atoms with Gasteiger partial charge in [0.15, 0.2) is 0 Å². The van der Waals surface area contributed by atoms with Crippen LogP contribution in [0.2, 0.25) is 0 Å². The van der Waals surface area contributed by atoms with Gasteiger partial charge >= 0.3 is 12.2 Å². The topological polar surface area (TPSA) is 58.4 Å². The van der Waals surface area contributed by atoms with Crippen molar-refractivity contribution in [1.29, 1.82) is 0 Å². The number of carbonyl (C=O) groups is 1. The summed E-state index contributed by atoms with van der Waals surface area (Å²) in [7, 11) is 0. The quantitative estimate of drug-likeness (QED) is 0.480. The third-order valence-corrected chi connectivity index (χ3v) is 5.50. The Morgan fingerprint density at radius 2 is 1.81 bits per heavy atom. The minimum absolute atomic E-state index is 0.113. The summed E-state index contributed by atoms with van der Waals surface area (Å²) in [5.74, 6) is 1.36. The molecule has 1 aromatic heterocycles. The molecule has 168 valence electrons. The minimum Gasteiger partial charge on any atom is -0.442 e. The van der Waals surface area contributed by atoms with E-state index in [2.05, 4.69) is 5.32 Å². The number of likely N-dealkylation sites (tertiary alicyclic amines) is 1. The van der Waals surface area contributed by atoms with E-state index >= 15 is 0 Å². The van der Waals surface area contributed by atoms with E-state index < -0.39 is 17.8 Å². The van der Waals surface area contributed by atoms with Gasteiger partial charge in [-0.3, -0.25) is 0 Å². The largest absolute Gasteiger partial charge is 0.442 e. The summed E-state index contributed by atoms with van der Waals surface area (Å²) in [6.07, 6.45) is -2.93. The number of amides is 2. The van der Waals surface area contributed by atoms with Crippen LogP contribution in [0.1, 0.15) is 55.9 Å². The number of benzene rings is 2. The van der Waals surface area contributed by atoms with Gasteiger partial charge in [-0.1, -0.05) is 44.2 Å². The molecule has 0 spiro atoms. The first-order chi connectivity index (χ1) is 15.2. The molecule has 3 aromatic rings. The molecule has 0 saturated carbocycles. The Bertz CT molecular complexity index is 1080. The number of halogens is 3. The van der Waals surface area contributed by atoms with E-state index in [0.717, 1.165) is 35.6 Å². The number of nitrogens with one attached hydrogen (secondary N) is 1. The SMILES string of the molecule is CC(C)c1oc([C@@H]2CCCN2C(=O)Nc2ccc(C(F)(F)F)cc2)nc1-c1ccccc1. The summed E-state index contributed by atoms with van der Waals surface area (Å²) in [6, 6.07) is 13.4. The zero-order valence-electron chi connectivity index (χ0n) is 17.8. The molecule has 8 heteroatoms. The van der Waals surface area contributed by atoms with Crippen LogP contribution >= 0.6 is 0 Å². The van der Waals surface area contributed by atoms with Gasteiger partial charge < -0.3 is 14.6 Å². The molecule has 1 saturated heterocycles. The fourth-order valence-electron chi connectivity index (χ4n) is 3.89. The molecule has 1 aliphatic heterocycles. The summed E-state index contributed by atoms with van der Waals surface area (Å²) < 4.78 is 44.4. The zero-order chi connectivity index (χ0) is 22.9. The smallest absolute Gasteiger partial charge is 0.416 e. The number of alkyl halides is 3. The molecule has 2 heterocycles. The molecule has 5 nitrogen and oxygen atoms in total. The standard InChI is InChI=1S/C24H24F3N3O2/c1-15(2)21-20(16-7-4-3-5-8-16)29-22(32-21)19-9-6-14-30(19)23(31)28-18-12-10-17(11-13-18)24(25,26)27/h3-5,7-8,10-13,15,19H,6,9,14H2,1-2H3,(H,28,31)/t19-/m0/s1. The van der Waals surface area contributed by atoms with Crippen LogP contribution in [0.5, 0.6) is 0 Å². The summed E-state index contributed by atoms with van der Waals surface area (Å²) >= 11 is 0. The molecule has 1 aliphatic rings. The predicted molar refractivity (Wildman–Crippen MR) is 115 cm³/mol. The van der Waals surface area contributed by atoms with Gasteiger partial charge in [-0.2, -0.15) is 13.2 Å². The second-order valence-electron chi connectivity index (χ2n) is 8.14. The third-order valence-electron chi connectivity index (χ3n) is 5.50. The van der Waals surface area contributed by atoms with Crippen LogP contribution in [-0.2, 0) is 6.18 Å². The average molecular weight is 443 g/mol. The number of hydrogen-bond donors (Lipinski definition) is 1. The second-order valence-corrected chi connectivity index (χ2v) is 8.14. The monoisotopic (exact) mass is 443 g/mol. The van der Waals surface area contributed by atoms with Gasteiger partial charge in [0, 0.05) is 23.7 Å². The Morgan fingerprint density at radius 3 is 2.44 bits per heavy atom. The van der Waals surface area contributed by atoms with Crippen LogP contribution in [0, 0.1) is 0 Å². The highest BCUT2D eigenvalue weighted by Gasteiger charge is 2.35. The van der Waals surface area contributed by atoms with E-state index in [9.17, 15) is 18.0 Å². The molecule has 1 fully saturated rings. The molecule has 0 aliphatic carbocycles. The molecule has 1 atom stereocenters. The number of nitrogens with zero attached hydrogens (tertiary/aromatic N) is 2. The maximum Gasteiger partial charge on any atom is 0.416 e. The lowest BCUT2D eigenvalue weighted by atomic mass is 10.0. The maximum absolute atomic E-state index is 12.9. The number of rotatable bonds is 4. The van der Waals surface area contributed by atoms with Gasteiger partial charge in [-0.05, 0) is 37.1 Å². The van der Waals surface area contributed by atoms with Crippen LogP contribution in [0.15, 0.2) is 59.0 Å². The minimum atomic E-state index is -4.42. The highest BCUT2D eigenvalue weighted by Crippen LogP contribution is 2.37. The summed E-state index contributed by atoms with van der Waals surface area (Å²) in [6.45, 7) is 4.57. The van der Waals surface area contributed by atoms with Gasteiger partial charge in [-0.15, -0.1) is 0 Å². The fraction of sp³-hybridized carbons (Fsp3) is 0.333. The Labute approximate surface area is 184 Å². The van der Waals surface area contributed by atoms with Crippen molar-refractivity contribution in [2.45, 2.75) is 44.8 Å². The normalized spacial score (nSPS) is 16.6. The van der Waals surface area contributed by atoms with Crippen LogP contribution in [0.25, 0.3) is 11.3 Å². The Hall–Kier alpha value is -3.29. The van der Waals surface area contributed by atoms with Crippen LogP contribution in [0.3, 0.4) is 0 Å². The molecule has 2 amide bonds. The van der Waals surface area contributed by atoms with Crippen LogP contribution in [0.4, 0.5) is 23.7 Å². The van der Waals surface area contributed by atoms with Crippen LogP contribution < -0.4 is 5.32 Å². The lowest BCUT2D eigenvalue weighted by Crippen LogP contribution is -2.34. The van der Waals surface area contributed by atoms with Crippen molar-refractivity contribution in [3.05, 3.63) is 71.8 Å². The molecular formula is C24H24F3N3O2. The number of hydrogen-bond acceptors (Lipinski definition) is 3.